The number of halogens is 2. The highest BCUT2D eigenvalue weighted by atomic mass is 35.5. The van der Waals surface area contributed by atoms with E-state index in [1.807, 2.05) is 31.2 Å². The lowest BCUT2D eigenvalue weighted by atomic mass is 10.1. The highest BCUT2D eigenvalue weighted by molar-refractivity contribution is 6.31. The van der Waals surface area contributed by atoms with E-state index in [9.17, 15) is 9.18 Å². The summed E-state index contributed by atoms with van der Waals surface area (Å²) in [4.78, 5) is 14.1. The molecule has 0 aliphatic carbocycles. The van der Waals surface area contributed by atoms with Crippen molar-refractivity contribution in [3.63, 3.8) is 0 Å². The molecule has 2 aromatic rings. The van der Waals surface area contributed by atoms with Gasteiger partial charge >= 0.3 is 0 Å². The van der Waals surface area contributed by atoms with Crippen molar-refractivity contribution in [2.24, 2.45) is 0 Å². The molecule has 5 heteroatoms. The SMILES string of the molecule is Cc1cccc(NC(=O)C(C)N(C)Cc2c(F)cccc2Cl)c1. The largest absolute Gasteiger partial charge is 0.325 e. The van der Waals surface area contributed by atoms with Crippen LogP contribution in [0, 0.1) is 12.7 Å². The van der Waals surface area contributed by atoms with Gasteiger partial charge in [-0.15, -0.1) is 0 Å². The second-order valence-electron chi connectivity index (χ2n) is 5.65. The lowest BCUT2D eigenvalue weighted by Crippen LogP contribution is -2.39. The molecule has 0 heterocycles. The molecular formula is C18H20ClFN2O. The number of nitrogens with one attached hydrogen (secondary N) is 1. The number of likely N-dealkylation sites (N-methyl/N-ethyl adjacent to an activating group) is 1. The van der Waals surface area contributed by atoms with Crippen molar-refractivity contribution in [1.29, 1.82) is 0 Å². The van der Waals surface area contributed by atoms with Crippen molar-refractivity contribution in [2.75, 3.05) is 12.4 Å². The number of nitrogens with zero attached hydrogens (tertiary/aromatic N) is 1. The third-order valence-corrected chi connectivity index (χ3v) is 4.15. The Labute approximate surface area is 141 Å². The van der Waals surface area contributed by atoms with E-state index in [4.69, 9.17) is 11.6 Å². The quantitative estimate of drug-likeness (QED) is 0.886. The van der Waals surface area contributed by atoms with Crippen LogP contribution in [0.15, 0.2) is 42.5 Å². The molecule has 0 fully saturated rings. The Balaban J connectivity index is 2.04. The molecule has 23 heavy (non-hydrogen) atoms. The molecule has 0 saturated carbocycles. The molecule has 1 amide bonds. The van der Waals surface area contributed by atoms with Gasteiger partial charge in [0.2, 0.25) is 5.91 Å². The first kappa shape index (κ1) is 17.4. The number of rotatable bonds is 5. The Morgan fingerprint density at radius 3 is 2.65 bits per heavy atom. The summed E-state index contributed by atoms with van der Waals surface area (Å²) in [6, 6.07) is 11.7. The van der Waals surface area contributed by atoms with Gasteiger partial charge in [-0.1, -0.05) is 29.8 Å². The van der Waals surface area contributed by atoms with Crippen LogP contribution in [0.5, 0.6) is 0 Å². The molecule has 0 aliphatic rings. The lowest BCUT2D eigenvalue weighted by molar-refractivity contribution is -0.120. The molecule has 2 rings (SSSR count). The Morgan fingerprint density at radius 1 is 1.30 bits per heavy atom. The van der Waals surface area contributed by atoms with E-state index in [1.54, 1.807) is 31.0 Å². The van der Waals surface area contributed by atoms with E-state index in [0.29, 0.717) is 10.6 Å². The maximum absolute atomic E-state index is 13.9. The van der Waals surface area contributed by atoms with Crippen molar-refractivity contribution < 1.29 is 9.18 Å². The number of anilines is 1. The van der Waals surface area contributed by atoms with Crippen molar-refractivity contribution in [3.05, 3.63) is 64.4 Å². The lowest BCUT2D eigenvalue weighted by Gasteiger charge is -2.24. The van der Waals surface area contributed by atoms with Crippen LogP contribution >= 0.6 is 11.6 Å². The number of aryl methyl sites for hydroxylation is 1. The molecule has 0 radical (unpaired) electrons. The Morgan fingerprint density at radius 2 is 2.00 bits per heavy atom. The maximum atomic E-state index is 13.9. The summed E-state index contributed by atoms with van der Waals surface area (Å²) in [5.41, 5.74) is 2.22. The summed E-state index contributed by atoms with van der Waals surface area (Å²) in [5, 5.41) is 3.24. The monoisotopic (exact) mass is 334 g/mol. The first-order valence-electron chi connectivity index (χ1n) is 7.39. The minimum absolute atomic E-state index is 0.148. The molecule has 0 aromatic heterocycles. The van der Waals surface area contributed by atoms with Crippen LogP contribution in [0.3, 0.4) is 0 Å². The molecule has 2 aromatic carbocycles. The number of hydrogen-bond donors (Lipinski definition) is 1. The number of carbonyl (C=O) groups is 1. The molecule has 0 spiro atoms. The van der Waals surface area contributed by atoms with Crippen molar-refractivity contribution in [1.82, 2.24) is 4.90 Å². The Bertz CT molecular complexity index is 685. The van der Waals surface area contributed by atoms with Crippen molar-refractivity contribution in [3.8, 4) is 0 Å². The Kier molecular flexibility index (Phi) is 5.74. The molecule has 0 saturated heterocycles. The average Bonchev–Trinajstić information content (AvgIpc) is 2.50. The smallest absolute Gasteiger partial charge is 0.241 e. The molecule has 0 aliphatic heterocycles. The van der Waals surface area contributed by atoms with Gasteiger partial charge < -0.3 is 5.32 Å². The highest BCUT2D eigenvalue weighted by Gasteiger charge is 2.20. The number of hydrogen-bond acceptors (Lipinski definition) is 2. The summed E-state index contributed by atoms with van der Waals surface area (Å²) in [6.07, 6.45) is 0. The van der Waals surface area contributed by atoms with E-state index in [-0.39, 0.29) is 18.3 Å². The third kappa shape index (κ3) is 4.53. The fourth-order valence-electron chi connectivity index (χ4n) is 2.24. The van der Waals surface area contributed by atoms with Crippen molar-refractivity contribution in [2.45, 2.75) is 26.4 Å². The third-order valence-electron chi connectivity index (χ3n) is 3.80. The molecule has 1 N–H and O–H groups in total. The average molecular weight is 335 g/mol. The second-order valence-corrected chi connectivity index (χ2v) is 6.06. The van der Waals surface area contributed by atoms with Gasteiger partial charge in [-0.05, 0) is 50.7 Å². The van der Waals surface area contributed by atoms with Crippen molar-refractivity contribution >= 4 is 23.2 Å². The van der Waals surface area contributed by atoms with E-state index in [2.05, 4.69) is 5.32 Å². The van der Waals surface area contributed by atoms with Crippen LogP contribution in [0.4, 0.5) is 10.1 Å². The van der Waals surface area contributed by atoms with Gasteiger partial charge in [-0.3, -0.25) is 9.69 Å². The minimum Gasteiger partial charge on any atom is -0.325 e. The summed E-state index contributed by atoms with van der Waals surface area (Å²) >= 11 is 6.04. The summed E-state index contributed by atoms with van der Waals surface area (Å²) < 4.78 is 13.9. The molecule has 3 nitrogen and oxygen atoms in total. The van der Waals surface area contributed by atoms with Crippen LogP contribution in [-0.2, 0) is 11.3 Å². The zero-order chi connectivity index (χ0) is 17.0. The topological polar surface area (TPSA) is 32.3 Å². The van der Waals surface area contributed by atoms with Gasteiger partial charge in [0.1, 0.15) is 5.82 Å². The van der Waals surface area contributed by atoms with Gasteiger partial charge in [-0.25, -0.2) is 4.39 Å². The molecular weight excluding hydrogens is 315 g/mol. The molecule has 1 atom stereocenters. The van der Waals surface area contributed by atoms with Crippen LogP contribution in [-0.4, -0.2) is 23.9 Å². The number of amides is 1. The number of carbonyl (C=O) groups excluding carboxylic acids is 1. The van der Waals surface area contributed by atoms with Gasteiger partial charge in [0, 0.05) is 22.8 Å². The van der Waals surface area contributed by atoms with Gasteiger partial charge in [0.15, 0.2) is 0 Å². The van der Waals surface area contributed by atoms with Crippen LogP contribution in [0.25, 0.3) is 0 Å². The van der Waals surface area contributed by atoms with E-state index >= 15 is 0 Å². The zero-order valence-electron chi connectivity index (χ0n) is 13.4. The fraction of sp³-hybridized carbons (Fsp3) is 0.278. The molecule has 1 unspecified atom stereocenters. The van der Waals surface area contributed by atoms with Crippen LogP contribution < -0.4 is 5.32 Å². The number of benzene rings is 2. The normalized spacial score (nSPS) is 12.3. The predicted molar refractivity (Wildman–Crippen MR) is 92.1 cm³/mol. The van der Waals surface area contributed by atoms with Crippen LogP contribution in [0.1, 0.15) is 18.1 Å². The first-order chi connectivity index (χ1) is 10.9. The van der Waals surface area contributed by atoms with E-state index < -0.39 is 6.04 Å². The highest BCUT2D eigenvalue weighted by Crippen LogP contribution is 2.21. The molecule has 122 valence electrons. The van der Waals surface area contributed by atoms with E-state index in [1.165, 1.54) is 6.07 Å². The summed E-state index contributed by atoms with van der Waals surface area (Å²) in [5.74, 6) is -0.513. The zero-order valence-corrected chi connectivity index (χ0v) is 14.2. The van der Waals surface area contributed by atoms with Gasteiger partial charge in [-0.2, -0.15) is 0 Å². The Hall–Kier alpha value is -1.91. The summed E-state index contributed by atoms with van der Waals surface area (Å²) in [7, 11) is 1.77. The molecule has 0 bridgehead atoms. The summed E-state index contributed by atoms with van der Waals surface area (Å²) in [6.45, 7) is 4.00. The predicted octanol–water partition coefficient (Wildman–Crippen LogP) is 4.25. The fourth-order valence-corrected chi connectivity index (χ4v) is 2.46. The van der Waals surface area contributed by atoms with Gasteiger partial charge in [0.25, 0.3) is 0 Å². The minimum atomic E-state index is -0.425. The van der Waals surface area contributed by atoms with Crippen LogP contribution in [0.2, 0.25) is 5.02 Å². The first-order valence-corrected chi connectivity index (χ1v) is 7.77. The standard InChI is InChI=1S/C18H20ClFN2O/c1-12-6-4-7-14(10-12)21-18(23)13(2)22(3)11-15-16(19)8-5-9-17(15)20/h4-10,13H,11H2,1-3H3,(H,21,23). The maximum Gasteiger partial charge on any atom is 0.241 e. The van der Waals surface area contributed by atoms with E-state index in [0.717, 1.165) is 11.3 Å². The van der Waals surface area contributed by atoms with Gasteiger partial charge in [0.05, 0.1) is 6.04 Å². The second kappa shape index (κ2) is 7.57.